The van der Waals surface area contributed by atoms with Crippen molar-refractivity contribution in [3.05, 3.63) is 146 Å². The van der Waals surface area contributed by atoms with E-state index in [-0.39, 0.29) is 32.0 Å². The first kappa shape index (κ1) is 89.9. The maximum atomic E-state index is 12.9. The molecule has 0 saturated carbocycles. The Morgan fingerprint density at radius 1 is 0.340 bits per heavy atom. The van der Waals surface area contributed by atoms with Gasteiger partial charge in [0, 0.05) is 12.8 Å². The summed E-state index contributed by atoms with van der Waals surface area (Å²) in [5.41, 5.74) is 0. The van der Waals surface area contributed by atoms with E-state index in [0.717, 1.165) is 122 Å². The molecule has 0 fully saturated rings. The van der Waals surface area contributed by atoms with E-state index >= 15 is 0 Å². The largest absolute Gasteiger partial charge is 0.756 e. The van der Waals surface area contributed by atoms with Gasteiger partial charge in [-0.05, 0) is 122 Å². The second-order valence-electron chi connectivity index (χ2n) is 26.6. The Hall–Kier alpha value is -4.11. The molecule has 0 N–H and O–H groups in total. The van der Waals surface area contributed by atoms with E-state index in [1.54, 1.807) is 0 Å². The number of allylic oxidation sites excluding steroid dienone is 24. The van der Waals surface area contributed by atoms with Crippen molar-refractivity contribution in [1.82, 2.24) is 0 Å². The van der Waals surface area contributed by atoms with Crippen LogP contribution in [0.2, 0.25) is 0 Å². The molecule has 0 aromatic carbocycles. The van der Waals surface area contributed by atoms with E-state index in [1.165, 1.54) is 167 Å². The molecule has 0 aromatic heterocycles. The van der Waals surface area contributed by atoms with Crippen LogP contribution < -0.4 is 4.89 Å². The summed E-state index contributed by atoms with van der Waals surface area (Å²) in [6, 6.07) is 0. The van der Waals surface area contributed by atoms with Crippen molar-refractivity contribution < 1.29 is 42.1 Å². The zero-order valence-corrected chi connectivity index (χ0v) is 62.3. The minimum absolute atomic E-state index is 0.0410. The van der Waals surface area contributed by atoms with Gasteiger partial charge in [-0.25, -0.2) is 0 Å². The summed E-state index contributed by atoms with van der Waals surface area (Å²) in [6.07, 6.45) is 108. The lowest BCUT2D eigenvalue weighted by molar-refractivity contribution is -0.870. The molecule has 0 heterocycles. The van der Waals surface area contributed by atoms with Gasteiger partial charge < -0.3 is 27.9 Å². The highest BCUT2D eigenvalue weighted by Gasteiger charge is 2.22. The van der Waals surface area contributed by atoms with Gasteiger partial charge >= 0.3 is 11.9 Å². The Morgan fingerprint density at radius 3 is 0.904 bits per heavy atom. The number of hydrogen-bond acceptors (Lipinski definition) is 8. The third kappa shape index (κ3) is 76.9. The number of carbonyl (C=O) groups excluding carboxylic acids is 2. The van der Waals surface area contributed by atoms with Crippen molar-refractivity contribution in [2.24, 2.45) is 0 Å². The maximum absolute atomic E-state index is 12.9. The number of quaternary nitrogens is 1. The van der Waals surface area contributed by atoms with E-state index < -0.39 is 26.5 Å². The van der Waals surface area contributed by atoms with E-state index in [1.807, 2.05) is 21.1 Å². The zero-order valence-electron chi connectivity index (χ0n) is 61.4. The second kappa shape index (κ2) is 73.1. The number of phosphoric ester groups is 1. The fourth-order valence-electron chi connectivity index (χ4n) is 10.5. The highest BCUT2D eigenvalue weighted by molar-refractivity contribution is 7.45. The number of unbranched alkanes of at least 4 members (excludes halogenated alkanes) is 32. The van der Waals surface area contributed by atoms with Crippen molar-refractivity contribution in [2.45, 2.75) is 328 Å². The molecule has 9 nitrogen and oxygen atoms in total. The minimum Gasteiger partial charge on any atom is -0.756 e. The van der Waals surface area contributed by atoms with Crippen LogP contribution in [0.15, 0.2) is 146 Å². The molecule has 0 saturated heterocycles. The molecule has 0 radical (unpaired) electrons. The molecule has 0 rings (SSSR count). The number of esters is 2. The summed E-state index contributed by atoms with van der Waals surface area (Å²) in [5, 5.41) is 0. The molecule has 538 valence electrons. The Kier molecular flexibility index (Phi) is 69.9. The van der Waals surface area contributed by atoms with Gasteiger partial charge in [0.15, 0.2) is 6.10 Å². The predicted molar refractivity (Wildman–Crippen MR) is 406 cm³/mol. The molecule has 0 amide bonds. The van der Waals surface area contributed by atoms with E-state index in [2.05, 4.69) is 160 Å². The first-order valence-corrected chi connectivity index (χ1v) is 40.0. The van der Waals surface area contributed by atoms with Crippen molar-refractivity contribution >= 4 is 19.8 Å². The average Bonchev–Trinajstić information content (AvgIpc) is 1.56. The number of ether oxygens (including phenoxy) is 2. The van der Waals surface area contributed by atoms with Crippen LogP contribution in [-0.2, 0) is 32.7 Å². The van der Waals surface area contributed by atoms with Crippen LogP contribution >= 0.6 is 7.82 Å². The minimum atomic E-state index is -4.66. The number of nitrogens with zero attached hydrogens (tertiary/aromatic N) is 1. The average molecular weight is 1330 g/mol. The molecular formula is C84H144NO8P. The third-order valence-corrected chi connectivity index (χ3v) is 17.3. The summed E-state index contributed by atoms with van der Waals surface area (Å²) >= 11 is 0. The zero-order chi connectivity index (χ0) is 68.3. The van der Waals surface area contributed by atoms with Gasteiger partial charge in [-0.1, -0.05) is 333 Å². The number of likely N-dealkylation sites (N-methyl/N-ethyl adjacent to an activating group) is 1. The number of phosphoric acid groups is 1. The topological polar surface area (TPSA) is 111 Å². The highest BCUT2D eigenvalue weighted by atomic mass is 31.2. The Balaban J connectivity index is 4.05. The van der Waals surface area contributed by atoms with Gasteiger partial charge in [-0.3, -0.25) is 14.2 Å². The van der Waals surface area contributed by atoms with E-state index in [4.69, 9.17) is 18.5 Å². The van der Waals surface area contributed by atoms with Crippen LogP contribution in [0, 0.1) is 0 Å². The van der Waals surface area contributed by atoms with Gasteiger partial charge in [0.1, 0.15) is 19.8 Å². The van der Waals surface area contributed by atoms with Gasteiger partial charge in [0.2, 0.25) is 0 Å². The molecule has 2 atom stereocenters. The lowest BCUT2D eigenvalue weighted by atomic mass is 10.0. The van der Waals surface area contributed by atoms with Crippen LogP contribution in [0.5, 0.6) is 0 Å². The van der Waals surface area contributed by atoms with Gasteiger partial charge in [0.25, 0.3) is 7.82 Å². The van der Waals surface area contributed by atoms with Gasteiger partial charge in [0.05, 0.1) is 27.7 Å². The monoisotopic (exact) mass is 1330 g/mol. The van der Waals surface area contributed by atoms with Crippen LogP contribution in [-0.4, -0.2) is 70.0 Å². The fraction of sp³-hybridized carbons (Fsp3) is 0.690. The normalized spacial score (nSPS) is 13.9. The molecule has 0 bridgehead atoms. The Bertz CT molecular complexity index is 2100. The molecule has 0 aromatic rings. The number of rotatable bonds is 70. The van der Waals surface area contributed by atoms with Crippen molar-refractivity contribution in [3.63, 3.8) is 0 Å². The lowest BCUT2D eigenvalue weighted by Crippen LogP contribution is -2.37. The fourth-order valence-corrected chi connectivity index (χ4v) is 11.2. The second-order valence-corrected chi connectivity index (χ2v) is 28.0. The van der Waals surface area contributed by atoms with E-state index in [9.17, 15) is 19.0 Å². The highest BCUT2D eigenvalue weighted by Crippen LogP contribution is 2.38. The summed E-state index contributed by atoms with van der Waals surface area (Å²) in [6.45, 7) is 4.11. The van der Waals surface area contributed by atoms with Gasteiger partial charge in [-0.2, -0.15) is 0 Å². The van der Waals surface area contributed by atoms with Crippen molar-refractivity contribution in [2.75, 3.05) is 47.5 Å². The summed E-state index contributed by atoms with van der Waals surface area (Å²) in [4.78, 5) is 38.1. The Morgan fingerprint density at radius 2 is 0.606 bits per heavy atom. The van der Waals surface area contributed by atoms with Gasteiger partial charge in [-0.15, -0.1) is 0 Å². The Labute approximate surface area is 580 Å². The first-order valence-electron chi connectivity index (χ1n) is 38.5. The SMILES string of the molecule is CC/C=C\C/C=C\C/C=C\C/C=C\C/C=C\C/C=C\C/C=C\C/C=C\C/C=C\CCCCCCCC(=O)OC(COC(=O)CCCCCCCCCCCCCCCCCCCCCCCC/C=C\C/C=C\C/C=C\CCCCCCC)COP(=O)([O-])OCC[N+](C)(C)C. The molecular weight excluding hydrogens is 1180 g/mol. The maximum Gasteiger partial charge on any atom is 0.306 e. The lowest BCUT2D eigenvalue weighted by Gasteiger charge is -2.28. The third-order valence-electron chi connectivity index (χ3n) is 16.3. The molecule has 0 aliphatic heterocycles. The van der Waals surface area contributed by atoms with Crippen LogP contribution in [0.3, 0.4) is 0 Å². The molecule has 0 spiro atoms. The smallest absolute Gasteiger partial charge is 0.306 e. The van der Waals surface area contributed by atoms with Crippen molar-refractivity contribution in [3.8, 4) is 0 Å². The van der Waals surface area contributed by atoms with Crippen molar-refractivity contribution in [1.29, 1.82) is 0 Å². The first-order chi connectivity index (χ1) is 46.0. The summed E-state index contributed by atoms with van der Waals surface area (Å²) in [7, 11) is 1.14. The van der Waals surface area contributed by atoms with Crippen LogP contribution in [0.4, 0.5) is 0 Å². The predicted octanol–water partition coefficient (Wildman–Crippen LogP) is 25.1. The summed E-state index contributed by atoms with van der Waals surface area (Å²) < 4.78 is 34.3. The molecule has 0 aliphatic carbocycles. The number of hydrogen-bond donors (Lipinski definition) is 0. The molecule has 2 unspecified atom stereocenters. The summed E-state index contributed by atoms with van der Waals surface area (Å²) in [5.74, 6) is -0.854. The van der Waals surface area contributed by atoms with E-state index in [0.29, 0.717) is 17.4 Å². The number of carbonyl (C=O) groups is 2. The van der Waals surface area contributed by atoms with Crippen LogP contribution in [0.25, 0.3) is 0 Å². The standard InChI is InChI=1S/C84H144NO8P/c1-6-8-10-12-14-16-18-20-22-24-26-28-30-32-34-36-38-40-41-42-43-45-46-48-50-52-54-56-58-60-62-64-66-68-70-72-74-76-83(86)90-80-82(81-92-94(88,89)91-79-78-85(3,4)5)93-84(87)77-75-73-71-69-67-65-63-61-59-57-55-53-51-49-47-44-39-37-35-33-31-29-27-25-23-21-19-17-15-13-11-9-7-2/h9,11,15,17-18,20-21,23-24,26-27,29-30,32-33,35,39,44,49,51,55,57,61,63,82H,6-8,10,12-14,16,19,22,25,28,31,34,36-38,40-43,45-48,50,52-54,56,58-60,62,64-81H2,1-5H3/b11-9-,17-15-,20-18-,23-21-,26-24-,29-27-,32-30-,35-33-,44-39-,51-49-,57-55-,63-61-. The molecule has 94 heavy (non-hydrogen) atoms. The van der Waals surface area contributed by atoms with Crippen LogP contribution in [0.1, 0.15) is 322 Å². The quantitative estimate of drug-likeness (QED) is 0.0195. The molecule has 10 heteroatoms. The molecule has 0 aliphatic rings.